The van der Waals surface area contributed by atoms with Crippen LogP contribution >= 0.6 is 11.8 Å². The lowest BCUT2D eigenvalue weighted by Crippen LogP contribution is -2.09. The van der Waals surface area contributed by atoms with Gasteiger partial charge < -0.3 is 0 Å². The number of nitrogens with zero attached hydrogens (tertiary/aromatic N) is 1. The van der Waals surface area contributed by atoms with Gasteiger partial charge >= 0.3 is 0 Å². The van der Waals surface area contributed by atoms with Gasteiger partial charge in [0.25, 0.3) is 0 Å². The smallest absolute Gasteiger partial charge is 0.179 e. The number of benzene rings is 1. The second-order valence-electron chi connectivity index (χ2n) is 4.75. The molecular weight excluding hydrogens is 278 g/mol. The minimum absolute atomic E-state index is 0.154. The van der Waals surface area contributed by atoms with Gasteiger partial charge in [0.15, 0.2) is 9.84 Å². The van der Waals surface area contributed by atoms with Crippen LogP contribution in [0.5, 0.6) is 0 Å². The summed E-state index contributed by atoms with van der Waals surface area (Å²) >= 11 is 1.68. The fourth-order valence-electron chi connectivity index (χ4n) is 1.44. The molecule has 5 heteroatoms. The second kappa shape index (κ2) is 7.56. The molecule has 1 rings (SSSR count). The van der Waals surface area contributed by atoms with E-state index in [9.17, 15) is 8.42 Å². The van der Waals surface area contributed by atoms with Crippen LogP contribution in [0.25, 0.3) is 0 Å². The van der Waals surface area contributed by atoms with E-state index in [0.717, 1.165) is 12.2 Å². The third-order valence-corrected chi connectivity index (χ3v) is 5.69. The van der Waals surface area contributed by atoms with Crippen LogP contribution in [-0.2, 0) is 9.84 Å². The predicted molar refractivity (Wildman–Crippen MR) is 80.0 cm³/mol. The SMILES string of the molecule is CC(C)CCSCCS(=O)(=O)c1ccc(C#N)cc1. The highest BCUT2D eigenvalue weighted by molar-refractivity contribution is 8.00. The van der Waals surface area contributed by atoms with Gasteiger partial charge in [0.1, 0.15) is 0 Å². The Bertz CT molecular complexity index is 528. The Balaban J connectivity index is 2.49. The van der Waals surface area contributed by atoms with E-state index in [1.54, 1.807) is 23.9 Å². The van der Waals surface area contributed by atoms with E-state index in [2.05, 4.69) is 13.8 Å². The first-order valence-corrected chi connectivity index (χ1v) is 9.07. The number of hydrogen-bond donors (Lipinski definition) is 0. The van der Waals surface area contributed by atoms with E-state index in [0.29, 0.717) is 22.1 Å². The normalized spacial score (nSPS) is 11.5. The van der Waals surface area contributed by atoms with Gasteiger partial charge in [-0.25, -0.2) is 8.42 Å². The molecule has 19 heavy (non-hydrogen) atoms. The van der Waals surface area contributed by atoms with Crippen molar-refractivity contribution in [1.29, 1.82) is 5.26 Å². The lowest BCUT2D eigenvalue weighted by molar-refractivity contribution is 0.597. The third kappa shape index (κ3) is 5.66. The highest BCUT2D eigenvalue weighted by Gasteiger charge is 2.13. The molecule has 0 saturated heterocycles. The molecule has 0 fully saturated rings. The molecule has 0 bridgehead atoms. The largest absolute Gasteiger partial charge is 0.224 e. The first-order valence-electron chi connectivity index (χ1n) is 6.26. The zero-order valence-corrected chi connectivity index (χ0v) is 12.9. The molecule has 0 radical (unpaired) electrons. The van der Waals surface area contributed by atoms with Crippen LogP contribution in [0, 0.1) is 17.2 Å². The van der Waals surface area contributed by atoms with Crippen LogP contribution in [0.1, 0.15) is 25.8 Å². The second-order valence-corrected chi connectivity index (χ2v) is 8.08. The molecule has 0 aromatic heterocycles. The minimum Gasteiger partial charge on any atom is -0.224 e. The van der Waals surface area contributed by atoms with Gasteiger partial charge in [-0.05, 0) is 42.4 Å². The monoisotopic (exact) mass is 297 g/mol. The minimum atomic E-state index is -3.22. The van der Waals surface area contributed by atoms with Crippen molar-refractivity contribution in [1.82, 2.24) is 0 Å². The molecule has 0 aliphatic heterocycles. The summed E-state index contributed by atoms with van der Waals surface area (Å²) in [5.41, 5.74) is 0.477. The summed E-state index contributed by atoms with van der Waals surface area (Å²) in [4.78, 5) is 0.302. The van der Waals surface area contributed by atoms with E-state index in [4.69, 9.17) is 5.26 Å². The van der Waals surface area contributed by atoms with Crippen molar-refractivity contribution in [3.63, 3.8) is 0 Å². The van der Waals surface area contributed by atoms with Gasteiger partial charge in [-0.1, -0.05) is 13.8 Å². The van der Waals surface area contributed by atoms with Crippen molar-refractivity contribution >= 4 is 21.6 Å². The van der Waals surface area contributed by atoms with E-state index >= 15 is 0 Å². The van der Waals surface area contributed by atoms with Gasteiger partial charge in [0, 0.05) is 5.75 Å². The zero-order chi connectivity index (χ0) is 14.3. The first kappa shape index (κ1) is 16.1. The molecule has 0 N–H and O–H groups in total. The Labute approximate surface area is 119 Å². The highest BCUT2D eigenvalue weighted by Crippen LogP contribution is 2.15. The third-order valence-electron chi connectivity index (χ3n) is 2.68. The summed E-state index contributed by atoms with van der Waals surface area (Å²) in [6.07, 6.45) is 1.11. The lowest BCUT2D eigenvalue weighted by atomic mass is 10.2. The summed E-state index contributed by atoms with van der Waals surface area (Å²) < 4.78 is 24.1. The van der Waals surface area contributed by atoms with Crippen molar-refractivity contribution < 1.29 is 8.42 Å². The topological polar surface area (TPSA) is 57.9 Å². The molecule has 0 heterocycles. The van der Waals surface area contributed by atoms with Crippen LogP contribution in [0.4, 0.5) is 0 Å². The van der Waals surface area contributed by atoms with E-state index in [-0.39, 0.29) is 5.75 Å². The highest BCUT2D eigenvalue weighted by atomic mass is 32.2. The van der Waals surface area contributed by atoms with E-state index in [1.165, 1.54) is 12.1 Å². The average molecular weight is 297 g/mol. The summed E-state index contributed by atoms with van der Waals surface area (Å²) in [6, 6.07) is 8.07. The molecule has 0 amide bonds. The Morgan fingerprint density at radius 3 is 2.37 bits per heavy atom. The lowest BCUT2D eigenvalue weighted by Gasteiger charge is -2.06. The van der Waals surface area contributed by atoms with E-state index in [1.807, 2.05) is 6.07 Å². The Morgan fingerprint density at radius 2 is 1.84 bits per heavy atom. The van der Waals surface area contributed by atoms with E-state index < -0.39 is 9.84 Å². The van der Waals surface area contributed by atoms with Crippen LogP contribution in [0.3, 0.4) is 0 Å². The summed E-state index contributed by atoms with van der Waals surface area (Å²) in [5.74, 6) is 2.43. The molecule has 0 atom stereocenters. The standard InChI is InChI=1S/C14H19NO2S2/c1-12(2)7-8-18-9-10-19(16,17)14-5-3-13(11-15)4-6-14/h3-6,12H,7-10H2,1-2H3. The van der Waals surface area contributed by atoms with Crippen molar-refractivity contribution in [2.45, 2.75) is 25.2 Å². The van der Waals surface area contributed by atoms with Crippen LogP contribution in [0.2, 0.25) is 0 Å². The predicted octanol–water partition coefficient (Wildman–Crippen LogP) is 3.11. The Hall–Kier alpha value is -0.990. The van der Waals surface area contributed by atoms with Crippen LogP contribution < -0.4 is 0 Å². The van der Waals surface area contributed by atoms with Crippen molar-refractivity contribution in [3.05, 3.63) is 29.8 Å². The van der Waals surface area contributed by atoms with Crippen LogP contribution in [0.15, 0.2) is 29.2 Å². The molecular formula is C14H19NO2S2. The summed E-state index contributed by atoms with van der Waals surface area (Å²) in [5, 5.41) is 8.67. The molecule has 1 aromatic rings. The van der Waals surface area contributed by atoms with Crippen molar-refractivity contribution in [2.24, 2.45) is 5.92 Å². The molecule has 0 unspecified atom stereocenters. The Morgan fingerprint density at radius 1 is 1.21 bits per heavy atom. The molecule has 104 valence electrons. The van der Waals surface area contributed by atoms with Gasteiger partial charge in [0.05, 0.1) is 22.3 Å². The quantitative estimate of drug-likeness (QED) is 0.726. The van der Waals surface area contributed by atoms with Crippen LogP contribution in [-0.4, -0.2) is 25.7 Å². The molecule has 3 nitrogen and oxygen atoms in total. The number of nitriles is 1. The maximum absolute atomic E-state index is 12.0. The van der Waals surface area contributed by atoms with Crippen molar-refractivity contribution in [3.8, 4) is 6.07 Å². The Kier molecular flexibility index (Phi) is 6.40. The number of hydrogen-bond acceptors (Lipinski definition) is 4. The molecule has 0 saturated carbocycles. The molecule has 0 spiro atoms. The average Bonchev–Trinajstić information content (AvgIpc) is 2.38. The van der Waals surface area contributed by atoms with Gasteiger partial charge in [-0.15, -0.1) is 0 Å². The number of sulfone groups is 1. The van der Waals surface area contributed by atoms with Gasteiger partial charge in [0.2, 0.25) is 0 Å². The first-order chi connectivity index (χ1) is 8.95. The summed E-state index contributed by atoms with van der Waals surface area (Å²) in [7, 11) is -3.22. The zero-order valence-electron chi connectivity index (χ0n) is 11.3. The molecule has 0 aliphatic rings. The van der Waals surface area contributed by atoms with Gasteiger partial charge in [-0.3, -0.25) is 0 Å². The maximum atomic E-state index is 12.0. The molecule has 1 aromatic carbocycles. The maximum Gasteiger partial charge on any atom is 0.179 e. The van der Waals surface area contributed by atoms with Gasteiger partial charge in [-0.2, -0.15) is 17.0 Å². The number of thioether (sulfide) groups is 1. The fraction of sp³-hybridized carbons (Fsp3) is 0.500. The molecule has 0 aliphatic carbocycles. The van der Waals surface area contributed by atoms with Crippen molar-refractivity contribution in [2.75, 3.05) is 17.3 Å². The number of rotatable bonds is 7. The fourth-order valence-corrected chi connectivity index (χ4v) is 4.42. The summed E-state index contributed by atoms with van der Waals surface area (Å²) in [6.45, 7) is 4.32.